The number of ether oxygens (including phenoxy) is 1. The summed E-state index contributed by atoms with van der Waals surface area (Å²) in [5.41, 5.74) is 0.712. The molecule has 0 radical (unpaired) electrons. The molecule has 10 heavy (non-hydrogen) atoms. The van der Waals surface area contributed by atoms with E-state index in [1.54, 1.807) is 13.8 Å². The van der Waals surface area contributed by atoms with Crippen LogP contribution in [-0.4, -0.2) is 12.8 Å². The molecule has 0 saturated carbocycles. The molecule has 4 heteroatoms. The summed E-state index contributed by atoms with van der Waals surface area (Å²) in [5.74, 6) is 0. The van der Waals surface area contributed by atoms with Crippen molar-refractivity contribution >= 4 is 0 Å². The van der Waals surface area contributed by atoms with Crippen molar-refractivity contribution in [2.45, 2.75) is 20.0 Å². The van der Waals surface area contributed by atoms with Gasteiger partial charge in [-0.2, -0.15) is 13.2 Å². The fourth-order valence-electron chi connectivity index (χ4n) is 0.303. The minimum atomic E-state index is -4.23. The summed E-state index contributed by atoms with van der Waals surface area (Å²) in [6.45, 7) is 2.12. The van der Waals surface area contributed by atoms with Gasteiger partial charge in [0.2, 0.25) is 0 Å². The lowest BCUT2D eigenvalue weighted by Gasteiger charge is -2.04. The van der Waals surface area contributed by atoms with Gasteiger partial charge < -0.3 is 4.74 Å². The van der Waals surface area contributed by atoms with Crippen molar-refractivity contribution in [2.24, 2.45) is 0 Å². The van der Waals surface area contributed by atoms with Crippen molar-refractivity contribution in [3.05, 3.63) is 11.8 Å². The van der Waals surface area contributed by atoms with E-state index in [2.05, 4.69) is 4.74 Å². The molecule has 0 aromatic heterocycles. The fourth-order valence-corrected chi connectivity index (χ4v) is 0.303. The number of hydrogen-bond acceptors (Lipinski definition) is 1. The Morgan fingerprint density at radius 1 is 1.40 bits per heavy atom. The Morgan fingerprint density at radius 3 is 2.20 bits per heavy atom. The maximum atomic E-state index is 11.4. The van der Waals surface area contributed by atoms with Crippen molar-refractivity contribution in [1.29, 1.82) is 0 Å². The van der Waals surface area contributed by atoms with E-state index in [-0.39, 0.29) is 0 Å². The summed E-state index contributed by atoms with van der Waals surface area (Å²) >= 11 is 0. The zero-order valence-electron chi connectivity index (χ0n) is 5.83. The van der Waals surface area contributed by atoms with E-state index in [0.717, 1.165) is 6.26 Å². The molecule has 60 valence electrons. The molecule has 0 heterocycles. The van der Waals surface area contributed by atoms with Gasteiger partial charge in [0, 0.05) is 0 Å². The molecule has 1 nitrogen and oxygen atoms in total. The summed E-state index contributed by atoms with van der Waals surface area (Å²) in [4.78, 5) is 0. The minimum Gasteiger partial charge on any atom is -0.492 e. The van der Waals surface area contributed by atoms with Crippen LogP contribution in [0, 0.1) is 0 Å². The van der Waals surface area contributed by atoms with Gasteiger partial charge in [-0.25, -0.2) is 0 Å². The number of rotatable bonds is 2. The maximum Gasteiger partial charge on any atom is 0.422 e. The number of hydrogen-bond donors (Lipinski definition) is 0. The van der Waals surface area contributed by atoms with E-state index in [1.165, 1.54) is 0 Å². The first-order chi connectivity index (χ1) is 4.42. The fraction of sp³-hybridized carbons (Fsp3) is 0.667. The van der Waals surface area contributed by atoms with Gasteiger partial charge in [0.15, 0.2) is 6.61 Å². The minimum absolute atomic E-state index is 0.712. The molecule has 0 atom stereocenters. The highest BCUT2D eigenvalue weighted by molar-refractivity contribution is 4.86. The Bertz CT molecular complexity index is 121. The van der Waals surface area contributed by atoms with Crippen LogP contribution in [0.2, 0.25) is 0 Å². The molecule has 0 spiro atoms. The summed E-state index contributed by atoms with van der Waals surface area (Å²) < 4.78 is 38.2. The van der Waals surface area contributed by atoms with Crippen LogP contribution >= 0.6 is 0 Å². The van der Waals surface area contributed by atoms with Gasteiger partial charge in [-0.1, -0.05) is 0 Å². The van der Waals surface area contributed by atoms with E-state index < -0.39 is 12.8 Å². The number of allylic oxidation sites excluding steroid dienone is 1. The van der Waals surface area contributed by atoms with Gasteiger partial charge >= 0.3 is 6.18 Å². The summed E-state index contributed by atoms with van der Waals surface area (Å²) in [5, 5.41) is 0. The average molecular weight is 154 g/mol. The molecule has 0 aromatic rings. The maximum absolute atomic E-state index is 11.4. The first kappa shape index (κ1) is 9.33. The van der Waals surface area contributed by atoms with Gasteiger partial charge in [0.05, 0.1) is 6.26 Å². The molecule has 0 unspecified atom stereocenters. The van der Waals surface area contributed by atoms with Crippen LogP contribution in [0.5, 0.6) is 0 Å². The second kappa shape index (κ2) is 3.49. The SMILES string of the molecule is CC(C)=COCC(F)(F)F. The highest BCUT2D eigenvalue weighted by Crippen LogP contribution is 2.14. The molecule has 0 rings (SSSR count). The third kappa shape index (κ3) is 7.33. The molecule has 0 amide bonds. The topological polar surface area (TPSA) is 9.23 Å². The average Bonchev–Trinajstić information content (AvgIpc) is 1.59. The lowest BCUT2D eigenvalue weighted by molar-refractivity contribution is -0.161. The molecule has 0 aliphatic heterocycles. The zero-order chi connectivity index (χ0) is 8.20. The molecule has 0 N–H and O–H groups in total. The van der Waals surface area contributed by atoms with Crippen molar-refractivity contribution < 1.29 is 17.9 Å². The van der Waals surface area contributed by atoms with E-state index >= 15 is 0 Å². The van der Waals surface area contributed by atoms with E-state index in [9.17, 15) is 13.2 Å². The van der Waals surface area contributed by atoms with Crippen molar-refractivity contribution in [3.63, 3.8) is 0 Å². The molecular weight excluding hydrogens is 145 g/mol. The Hall–Kier alpha value is -0.670. The Labute approximate surface area is 57.5 Å². The van der Waals surface area contributed by atoms with Crippen LogP contribution in [0.3, 0.4) is 0 Å². The number of halogens is 3. The van der Waals surface area contributed by atoms with Crippen LogP contribution in [-0.2, 0) is 4.74 Å². The molecule has 0 fully saturated rings. The zero-order valence-corrected chi connectivity index (χ0v) is 5.83. The van der Waals surface area contributed by atoms with Crippen LogP contribution in [0.15, 0.2) is 11.8 Å². The van der Waals surface area contributed by atoms with Crippen molar-refractivity contribution in [2.75, 3.05) is 6.61 Å². The largest absolute Gasteiger partial charge is 0.492 e. The first-order valence-corrected chi connectivity index (χ1v) is 2.73. The third-order valence-corrected chi connectivity index (χ3v) is 0.566. The Kier molecular flexibility index (Phi) is 3.25. The van der Waals surface area contributed by atoms with Crippen LogP contribution < -0.4 is 0 Å². The Morgan fingerprint density at radius 2 is 1.90 bits per heavy atom. The standard InChI is InChI=1S/C6H9F3O/c1-5(2)3-10-4-6(7,8)9/h3H,4H2,1-2H3. The van der Waals surface area contributed by atoms with Crippen molar-refractivity contribution in [1.82, 2.24) is 0 Å². The molecular formula is C6H9F3O. The molecule has 0 aromatic carbocycles. The van der Waals surface area contributed by atoms with E-state index in [0.29, 0.717) is 5.57 Å². The highest BCUT2D eigenvalue weighted by atomic mass is 19.4. The molecule has 0 bridgehead atoms. The summed E-state index contributed by atoms with van der Waals surface area (Å²) in [6, 6.07) is 0. The third-order valence-electron chi connectivity index (χ3n) is 0.566. The van der Waals surface area contributed by atoms with Gasteiger partial charge in [0.1, 0.15) is 0 Å². The first-order valence-electron chi connectivity index (χ1n) is 2.73. The van der Waals surface area contributed by atoms with Gasteiger partial charge in [-0.15, -0.1) is 0 Å². The summed E-state index contributed by atoms with van der Waals surface area (Å²) in [6.07, 6.45) is -3.14. The predicted molar refractivity (Wildman–Crippen MR) is 31.4 cm³/mol. The van der Waals surface area contributed by atoms with E-state index in [4.69, 9.17) is 0 Å². The molecule has 0 aliphatic carbocycles. The van der Waals surface area contributed by atoms with Gasteiger partial charge in [0.25, 0.3) is 0 Å². The molecule has 0 aliphatic rings. The monoisotopic (exact) mass is 154 g/mol. The lowest BCUT2D eigenvalue weighted by atomic mass is 10.4. The normalized spacial score (nSPS) is 10.9. The Balaban J connectivity index is 3.47. The van der Waals surface area contributed by atoms with Crippen LogP contribution in [0.25, 0.3) is 0 Å². The second-order valence-electron chi connectivity index (χ2n) is 2.12. The smallest absolute Gasteiger partial charge is 0.422 e. The van der Waals surface area contributed by atoms with Crippen LogP contribution in [0.1, 0.15) is 13.8 Å². The van der Waals surface area contributed by atoms with Crippen molar-refractivity contribution in [3.8, 4) is 0 Å². The predicted octanol–water partition coefficient (Wildman–Crippen LogP) is 2.49. The van der Waals surface area contributed by atoms with Crippen LogP contribution in [0.4, 0.5) is 13.2 Å². The lowest BCUT2D eigenvalue weighted by Crippen LogP contribution is -2.14. The van der Waals surface area contributed by atoms with Gasteiger partial charge in [-0.05, 0) is 19.4 Å². The quantitative estimate of drug-likeness (QED) is 0.555. The summed E-state index contributed by atoms with van der Waals surface area (Å²) in [7, 11) is 0. The van der Waals surface area contributed by atoms with E-state index in [1.807, 2.05) is 0 Å². The molecule has 0 saturated heterocycles. The number of alkyl halides is 3. The highest BCUT2D eigenvalue weighted by Gasteiger charge is 2.27. The second-order valence-corrected chi connectivity index (χ2v) is 2.12. The van der Waals surface area contributed by atoms with Gasteiger partial charge in [-0.3, -0.25) is 0 Å².